The lowest BCUT2D eigenvalue weighted by atomic mass is 10.1. The van der Waals surface area contributed by atoms with E-state index in [2.05, 4.69) is 37.9 Å². The molecule has 0 saturated carbocycles. The van der Waals surface area contributed by atoms with Crippen LogP contribution in [0, 0.1) is 3.57 Å². The summed E-state index contributed by atoms with van der Waals surface area (Å²) in [5.74, 6) is -0.205. The molecule has 1 N–H and O–H groups in total. The number of aromatic nitrogens is 4. The number of hydrogen-bond acceptors (Lipinski definition) is 5. The van der Waals surface area contributed by atoms with Crippen molar-refractivity contribution in [1.29, 1.82) is 0 Å². The fourth-order valence-corrected chi connectivity index (χ4v) is 3.65. The SMILES string of the molecule is O=C(Nc1ccc(I)cc1)c1ccc2nc(-c3ccccn3)c(-c3ccccn3)nc2c1. The van der Waals surface area contributed by atoms with Crippen molar-refractivity contribution in [3.05, 3.63) is 100 Å². The first-order valence-corrected chi connectivity index (χ1v) is 11.0. The van der Waals surface area contributed by atoms with Crippen molar-refractivity contribution in [2.75, 3.05) is 5.32 Å². The quantitative estimate of drug-likeness (QED) is 0.306. The third-order valence-corrected chi connectivity index (χ3v) is 5.56. The Kier molecular flexibility index (Phi) is 5.55. The first kappa shape index (κ1) is 20.2. The minimum absolute atomic E-state index is 0.205. The lowest BCUT2D eigenvalue weighted by Gasteiger charge is -2.10. The number of nitrogens with zero attached hydrogens (tertiary/aromatic N) is 4. The molecule has 7 heteroatoms. The number of halogens is 1. The third kappa shape index (κ3) is 4.19. The van der Waals surface area contributed by atoms with E-state index < -0.39 is 0 Å². The average molecular weight is 529 g/mol. The first-order chi connectivity index (χ1) is 15.7. The molecule has 1 amide bonds. The highest BCUT2D eigenvalue weighted by Gasteiger charge is 2.16. The maximum absolute atomic E-state index is 12.8. The van der Waals surface area contributed by atoms with Crippen molar-refractivity contribution in [2.24, 2.45) is 0 Å². The highest BCUT2D eigenvalue weighted by Crippen LogP contribution is 2.29. The Bertz CT molecular complexity index is 1410. The number of carbonyl (C=O) groups is 1. The Morgan fingerprint density at radius 2 is 1.34 bits per heavy atom. The predicted molar refractivity (Wildman–Crippen MR) is 133 cm³/mol. The zero-order chi connectivity index (χ0) is 21.9. The standard InChI is InChI=1S/C25H16IN5O/c26-17-8-10-18(11-9-17)29-25(32)16-7-12-19-22(15-16)31-24(21-6-2-4-14-28-21)23(30-19)20-5-1-3-13-27-20/h1-15H,(H,29,32). The lowest BCUT2D eigenvalue weighted by molar-refractivity contribution is 0.102. The van der Waals surface area contributed by atoms with E-state index in [4.69, 9.17) is 9.97 Å². The van der Waals surface area contributed by atoms with Crippen molar-refractivity contribution in [2.45, 2.75) is 0 Å². The molecule has 2 aromatic carbocycles. The normalized spacial score (nSPS) is 10.8. The summed E-state index contributed by atoms with van der Waals surface area (Å²) >= 11 is 2.23. The van der Waals surface area contributed by atoms with Crippen molar-refractivity contribution in [3.8, 4) is 22.8 Å². The molecule has 5 rings (SSSR count). The van der Waals surface area contributed by atoms with Gasteiger partial charge in [-0.15, -0.1) is 0 Å². The van der Waals surface area contributed by atoms with Crippen LogP contribution in [0.4, 0.5) is 5.69 Å². The lowest BCUT2D eigenvalue weighted by Crippen LogP contribution is -2.12. The molecule has 0 aliphatic carbocycles. The van der Waals surface area contributed by atoms with Crippen LogP contribution < -0.4 is 5.32 Å². The summed E-state index contributed by atoms with van der Waals surface area (Å²) < 4.78 is 1.10. The van der Waals surface area contributed by atoms with Crippen LogP contribution in [0.3, 0.4) is 0 Å². The number of fused-ring (bicyclic) bond motifs is 1. The van der Waals surface area contributed by atoms with Crippen molar-refractivity contribution < 1.29 is 4.79 Å². The van der Waals surface area contributed by atoms with Gasteiger partial charge in [-0.2, -0.15) is 0 Å². The highest BCUT2D eigenvalue weighted by molar-refractivity contribution is 14.1. The number of benzene rings is 2. The van der Waals surface area contributed by atoms with E-state index in [1.54, 1.807) is 30.6 Å². The van der Waals surface area contributed by atoms with Gasteiger partial charge in [0.1, 0.15) is 11.4 Å². The van der Waals surface area contributed by atoms with E-state index in [0.29, 0.717) is 39.4 Å². The zero-order valence-electron chi connectivity index (χ0n) is 16.7. The Balaban J connectivity index is 1.59. The molecule has 0 radical (unpaired) electrons. The van der Waals surface area contributed by atoms with Crippen LogP contribution in [0.1, 0.15) is 10.4 Å². The minimum Gasteiger partial charge on any atom is -0.322 e. The van der Waals surface area contributed by atoms with E-state index in [0.717, 1.165) is 9.26 Å². The number of nitrogens with one attached hydrogen (secondary N) is 1. The van der Waals surface area contributed by atoms with Crippen molar-refractivity contribution in [1.82, 2.24) is 19.9 Å². The molecule has 0 aliphatic rings. The Labute approximate surface area is 198 Å². The monoisotopic (exact) mass is 529 g/mol. The topological polar surface area (TPSA) is 80.7 Å². The molecule has 32 heavy (non-hydrogen) atoms. The molecular weight excluding hydrogens is 513 g/mol. The van der Waals surface area contributed by atoms with Crippen LogP contribution in [0.5, 0.6) is 0 Å². The highest BCUT2D eigenvalue weighted by atomic mass is 127. The molecule has 0 bridgehead atoms. The second-order valence-electron chi connectivity index (χ2n) is 7.02. The molecule has 0 spiro atoms. The van der Waals surface area contributed by atoms with Gasteiger partial charge < -0.3 is 5.32 Å². The molecular formula is C25H16IN5O. The maximum atomic E-state index is 12.8. The molecule has 5 aromatic rings. The maximum Gasteiger partial charge on any atom is 0.255 e. The Morgan fingerprint density at radius 1 is 0.719 bits per heavy atom. The van der Waals surface area contributed by atoms with E-state index in [1.807, 2.05) is 60.7 Å². The molecule has 6 nitrogen and oxygen atoms in total. The summed E-state index contributed by atoms with van der Waals surface area (Å²) in [6.45, 7) is 0. The van der Waals surface area contributed by atoms with Gasteiger partial charge in [0, 0.05) is 27.2 Å². The fourth-order valence-electron chi connectivity index (χ4n) is 3.29. The van der Waals surface area contributed by atoms with Crippen LogP contribution in [-0.4, -0.2) is 25.8 Å². The second-order valence-corrected chi connectivity index (χ2v) is 8.26. The first-order valence-electron chi connectivity index (χ1n) is 9.89. The van der Waals surface area contributed by atoms with Crippen LogP contribution in [0.25, 0.3) is 33.8 Å². The van der Waals surface area contributed by atoms with Crippen molar-refractivity contribution >= 4 is 45.2 Å². The van der Waals surface area contributed by atoms with Crippen LogP contribution in [0.2, 0.25) is 0 Å². The summed E-state index contributed by atoms with van der Waals surface area (Å²) in [5.41, 5.74) is 5.19. The van der Waals surface area contributed by atoms with E-state index >= 15 is 0 Å². The van der Waals surface area contributed by atoms with E-state index in [9.17, 15) is 4.79 Å². The summed E-state index contributed by atoms with van der Waals surface area (Å²) in [7, 11) is 0. The Morgan fingerprint density at radius 3 is 1.94 bits per heavy atom. The number of rotatable bonds is 4. The second kappa shape index (κ2) is 8.80. The number of amides is 1. The van der Waals surface area contributed by atoms with Crippen LogP contribution >= 0.6 is 22.6 Å². The van der Waals surface area contributed by atoms with Gasteiger partial charge in [0.05, 0.1) is 22.4 Å². The summed E-state index contributed by atoms with van der Waals surface area (Å²) in [6.07, 6.45) is 3.44. The molecule has 3 heterocycles. The van der Waals surface area contributed by atoms with Gasteiger partial charge in [0.2, 0.25) is 0 Å². The molecule has 0 unspecified atom stereocenters. The van der Waals surface area contributed by atoms with Crippen LogP contribution in [0.15, 0.2) is 91.3 Å². The Hall–Kier alpha value is -3.72. The zero-order valence-corrected chi connectivity index (χ0v) is 18.9. The summed E-state index contributed by atoms with van der Waals surface area (Å²) in [4.78, 5) is 31.4. The molecule has 0 saturated heterocycles. The van der Waals surface area contributed by atoms with Gasteiger partial charge in [-0.1, -0.05) is 12.1 Å². The fraction of sp³-hybridized carbons (Fsp3) is 0. The number of hydrogen-bond donors (Lipinski definition) is 1. The molecule has 3 aromatic heterocycles. The largest absolute Gasteiger partial charge is 0.322 e. The van der Waals surface area contributed by atoms with Gasteiger partial charge in [-0.25, -0.2) is 9.97 Å². The van der Waals surface area contributed by atoms with E-state index in [1.165, 1.54) is 0 Å². The smallest absolute Gasteiger partial charge is 0.255 e. The van der Waals surface area contributed by atoms with Crippen molar-refractivity contribution in [3.63, 3.8) is 0 Å². The van der Waals surface area contributed by atoms with Gasteiger partial charge in [-0.3, -0.25) is 14.8 Å². The number of carbonyl (C=O) groups excluding carboxylic acids is 1. The summed E-state index contributed by atoms with van der Waals surface area (Å²) in [5, 5.41) is 2.92. The third-order valence-electron chi connectivity index (χ3n) is 4.84. The van der Waals surface area contributed by atoms with Gasteiger partial charge in [0.25, 0.3) is 5.91 Å². The predicted octanol–water partition coefficient (Wildman–Crippen LogP) is 5.61. The van der Waals surface area contributed by atoms with E-state index in [-0.39, 0.29) is 5.91 Å². The average Bonchev–Trinajstić information content (AvgIpc) is 2.85. The molecule has 0 atom stereocenters. The number of pyridine rings is 2. The minimum atomic E-state index is -0.205. The summed E-state index contributed by atoms with van der Waals surface area (Å²) in [6, 6.07) is 24.2. The van der Waals surface area contributed by atoms with Crippen LogP contribution in [-0.2, 0) is 0 Å². The molecule has 0 aliphatic heterocycles. The van der Waals surface area contributed by atoms with Gasteiger partial charge >= 0.3 is 0 Å². The molecule has 154 valence electrons. The van der Waals surface area contributed by atoms with Gasteiger partial charge in [0.15, 0.2) is 0 Å². The molecule has 0 fully saturated rings. The van der Waals surface area contributed by atoms with Gasteiger partial charge in [-0.05, 0) is 89.3 Å². The number of anilines is 1.